The van der Waals surface area contributed by atoms with Crippen molar-refractivity contribution in [2.75, 3.05) is 0 Å². The van der Waals surface area contributed by atoms with Gasteiger partial charge in [-0.25, -0.2) is 0 Å². The van der Waals surface area contributed by atoms with Gasteiger partial charge in [0.2, 0.25) is 0 Å². The van der Waals surface area contributed by atoms with Crippen LogP contribution in [0, 0.1) is 0 Å². The van der Waals surface area contributed by atoms with E-state index in [9.17, 15) is 4.79 Å². The normalized spacial score (nSPS) is 22.3. The topological polar surface area (TPSA) is 29.1 Å². The van der Waals surface area contributed by atoms with Gasteiger partial charge in [-0.05, 0) is 38.3 Å². The standard InChI is InChI=1S/C12H17NO/c1-4-6-12-10(5-2)7-8-11(13-12)9(3)14/h4-6,11,13H,2,7-8H2,1,3H3/b6-4-. The van der Waals surface area contributed by atoms with Gasteiger partial charge in [-0.3, -0.25) is 4.79 Å². The third-order valence-corrected chi connectivity index (χ3v) is 2.45. The molecule has 0 aromatic heterocycles. The number of ketones is 1. The minimum Gasteiger partial charge on any atom is -0.375 e. The summed E-state index contributed by atoms with van der Waals surface area (Å²) in [4.78, 5) is 11.2. The van der Waals surface area contributed by atoms with Crippen LogP contribution >= 0.6 is 0 Å². The zero-order chi connectivity index (χ0) is 10.6. The van der Waals surface area contributed by atoms with Crippen LogP contribution in [0.5, 0.6) is 0 Å². The molecule has 1 atom stereocenters. The fourth-order valence-corrected chi connectivity index (χ4v) is 1.63. The van der Waals surface area contributed by atoms with Gasteiger partial charge in [0.05, 0.1) is 6.04 Å². The Morgan fingerprint density at radius 3 is 2.86 bits per heavy atom. The number of carbonyl (C=O) groups is 1. The molecule has 0 amide bonds. The molecule has 0 aromatic carbocycles. The summed E-state index contributed by atoms with van der Waals surface area (Å²) in [6, 6.07) is -0.0232. The Hall–Kier alpha value is -1.31. The molecule has 0 aromatic rings. The highest BCUT2D eigenvalue weighted by Gasteiger charge is 2.20. The first kappa shape index (κ1) is 10.8. The Morgan fingerprint density at radius 1 is 1.64 bits per heavy atom. The lowest BCUT2D eigenvalue weighted by molar-refractivity contribution is -0.119. The summed E-state index contributed by atoms with van der Waals surface area (Å²) in [7, 11) is 0. The largest absolute Gasteiger partial charge is 0.375 e. The maximum absolute atomic E-state index is 11.2. The summed E-state index contributed by atoms with van der Waals surface area (Å²) in [5, 5.41) is 3.23. The molecule has 2 nitrogen and oxygen atoms in total. The molecule has 0 aliphatic carbocycles. The second-order valence-electron chi connectivity index (χ2n) is 3.49. The van der Waals surface area contributed by atoms with Crippen LogP contribution in [0.25, 0.3) is 0 Å². The fraction of sp³-hybridized carbons (Fsp3) is 0.417. The SMILES string of the molecule is C=CC1=C(/C=C\C)NC(C(C)=O)CC1. The monoisotopic (exact) mass is 191 g/mol. The summed E-state index contributed by atoms with van der Waals surface area (Å²) in [6.07, 6.45) is 7.62. The molecule has 0 bridgehead atoms. The van der Waals surface area contributed by atoms with Gasteiger partial charge in [0, 0.05) is 5.70 Å². The second-order valence-corrected chi connectivity index (χ2v) is 3.49. The molecule has 0 fully saturated rings. The third kappa shape index (κ3) is 2.34. The van der Waals surface area contributed by atoms with Crippen LogP contribution in [0.3, 0.4) is 0 Å². The summed E-state index contributed by atoms with van der Waals surface area (Å²) in [6.45, 7) is 7.36. The van der Waals surface area contributed by atoms with Crippen LogP contribution in [0.2, 0.25) is 0 Å². The lowest BCUT2D eigenvalue weighted by Crippen LogP contribution is -2.37. The minimum atomic E-state index is -0.0232. The fourth-order valence-electron chi connectivity index (χ4n) is 1.63. The Morgan fingerprint density at radius 2 is 2.36 bits per heavy atom. The molecule has 1 N–H and O–H groups in total. The Kier molecular flexibility index (Phi) is 3.69. The van der Waals surface area contributed by atoms with E-state index in [1.54, 1.807) is 6.92 Å². The number of Topliss-reactive ketones (excluding diaryl/α,β-unsaturated/α-hetero) is 1. The van der Waals surface area contributed by atoms with Gasteiger partial charge in [0.25, 0.3) is 0 Å². The summed E-state index contributed by atoms with van der Waals surface area (Å²) in [5.41, 5.74) is 2.23. The Bertz CT molecular complexity index is 299. The third-order valence-electron chi connectivity index (χ3n) is 2.45. The summed E-state index contributed by atoms with van der Waals surface area (Å²) < 4.78 is 0. The van der Waals surface area contributed by atoms with Crippen LogP contribution in [0.4, 0.5) is 0 Å². The van der Waals surface area contributed by atoms with Crippen molar-refractivity contribution in [3.63, 3.8) is 0 Å². The van der Waals surface area contributed by atoms with Gasteiger partial charge in [0.1, 0.15) is 0 Å². The van der Waals surface area contributed by atoms with Crippen molar-refractivity contribution in [2.24, 2.45) is 0 Å². The van der Waals surface area contributed by atoms with Crippen LogP contribution in [-0.4, -0.2) is 11.8 Å². The van der Waals surface area contributed by atoms with Crippen molar-refractivity contribution in [3.8, 4) is 0 Å². The van der Waals surface area contributed by atoms with E-state index in [0.29, 0.717) is 0 Å². The van der Waals surface area contributed by atoms with Crippen molar-refractivity contribution in [3.05, 3.63) is 36.1 Å². The van der Waals surface area contributed by atoms with Gasteiger partial charge in [-0.2, -0.15) is 0 Å². The zero-order valence-electron chi connectivity index (χ0n) is 8.84. The van der Waals surface area contributed by atoms with E-state index in [4.69, 9.17) is 0 Å². The molecule has 0 saturated heterocycles. The van der Waals surface area contributed by atoms with Crippen LogP contribution in [-0.2, 0) is 4.79 Å². The van der Waals surface area contributed by atoms with Crippen LogP contribution < -0.4 is 5.32 Å². The quantitative estimate of drug-likeness (QED) is 0.742. The molecule has 76 valence electrons. The molecular formula is C12H17NO. The number of carbonyl (C=O) groups excluding carboxylic acids is 1. The molecule has 0 spiro atoms. The number of hydrogen-bond acceptors (Lipinski definition) is 2. The molecule has 1 aliphatic heterocycles. The number of hydrogen-bond donors (Lipinski definition) is 1. The highest BCUT2D eigenvalue weighted by atomic mass is 16.1. The maximum Gasteiger partial charge on any atom is 0.151 e. The van der Waals surface area contributed by atoms with Gasteiger partial charge < -0.3 is 5.32 Å². The molecule has 1 unspecified atom stereocenters. The zero-order valence-corrected chi connectivity index (χ0v) is 8.84. The lowest BCUT2D eigenvalue weighted by atomic mass is 9.96. The predicted molar refractivity (Wildman–Crippen MR) is 58.9 cm³/mol. The second kappa shape index (κ2) is 4.80. The number of allylic oxidation sites excluding steroid dienone is 4. The maximum atomic E-state index is 11.2. The molecule has 1 heterocycles. The van der Waals surface area contributed by atoms with E-state index in [1.165, 1.54) is 5.57 Å². The van der Waals surface area contributed by atoms with Gasteiger partial charge in [-0.1, -0.05) is 18.7 Å². The predicted octanol–water partition coefficient (Wildman–Crippen LogP) is 2.34. The minimum absolute atomic E-state index is 0.0232. The Balaban J connectivity index is 2.86. The smallest absolute Gasteiger partial charge is 0.151 e. The van der Waals surface area contributed by atoms with Crippen molar-refractivity contribution in [1.82, 2.24) is 5.32 Å². The van der Waals surface area contributed by atoms with E-state index in [-0.39, 0.29) is 11.8 Å². The molecule has 2 heteroatoms. The van der Waals surface area contributed by atoms with Crippen molar-refractivity contribution >= 4 is 5.78 Å². The van der Waals surface area contributed by atoms with E-state index in [2.05, 4.69) is 11.9 Å². The molecule has 0 radical (unpaired) electrons. The first-order valence-corrected chi connectivity index (χ1v) is 4.94. The number of rotatable bonds is 3. The number of nitrogens with one attached hydrogen (secondary N) is 1. The van der Waals surface area contributed by atoms with Crippen molar-refractivity contribution in [1.29, 1.82) is 0 Å². The molecule has 0 saturated carbocycles. The van der Waals surface area contributed by atoms with Gasteiger partial charge >= 0.3 is 0 Å². The van der Waals surface area contributed by atoms with Crippen LogP contribution in [0.15, 0.2) is 36.1 Å². The lowest BCUT2D eigenvalue weighted by Gasteiger charge is -2.25. The molecule has 14 heavy (non-hydrogen) atoms. The summed E-state index contributed by atoms with van der Waals surface area (Å²) >= 11 is 0. The first-order chi connectivity index (χ1) is 6.69. The van der Waals surface area contributed by atoms with E-state index in [0.717, 1.165) is 18.5 Å². The highest BCUT2D eigenvalue weighted by molar-refractivity contribution is 5.82. The molecule has 1 rings (SSSR count). The first-order valence-electron chi connectivity index (χ1n) is 4.94. The average molecular weight is 191 g/mol. The van der Waals surface area contributed by atoms with Crippen molar-refractivity contribution in [2.45, 2.75) is 32.7 Å². The molecular weight excluding hydrogens is 174 g/mol. The van der Waals surface area contributed by atoms with Gasteiger partial charge in [0.15, 0.2) is 5.78 Å². The van der Waals surface area contributed by atoms with E-state index >= 15 is 0 Å². The van der Waals surface area contributed by atoms with E-state index < -0.39 is 0 Å². The van der Waals surface area contributed by atoms with E-state index in [1.807, 2.05) is 25.2 Å². The Labute approximate surface area is 85.4 Å². The summed E-state index contributed by atoms with van der Waals surface area (Å²) in [5.74, 6) is 0.204. The van der Waals surface area contributed by atoms with Crippen molar-refractivity contribution < 1.29 is 4.79 Å². The van der Waals surface area contributed by atoms with Crippen LogP contribution in [0.1, 0.15) is 26.7 Å². The highest BCUT2D eigenvalue weighted by Crippen LogP contribution is 2.20. The van der Waals surface area contributed by atoms with Gasteiger partial charge in [-0.15, -0.1) is 0 Å². The average Bonchev–Trinajstić information content (AvgIpc) is 2.18. The molecule has 1 aliphatic rings.